The van der Waals surface area contributed by atoms with Gasteiger partial charge in [0.25, 0.3) is 5.91 Å². The molecule has 0 unspecified atom stereocenters. The number of amides is 1. The van der Waals surface area contributed by atoms with Gasteiger partial charge in [-0.15, -0.1) is 20.4 Å². The van der Waals surface area contributed by atoms with Crippen LogP contribution in [0.2, 0.25) is 5.02 Å². The summed E-state index contributed by atoms with van der Waals surface area (Å²) in [7, 11) is 0. The minimum atomic E-state index is -0.466. The molecule has 8 nitrogen and oxygen atoms in total. The van der Waals surface area contributed by atoms with Crippen LogP contribution in [0, 0.1) is 6.92 Å². The highest BCUT2D eigenvalue weighted by Crippen LogP contribution is 2.35. The molecule has 0 atom stereocenters. The van der Waals surface area contributed by atoms with Gasteiger partial charge >= 0.3 is 0 Å². The van der Waals surface area contributed by atoms with Gasteiger partial charge in [0.15, 0.2) is 16.7 Å². The van der Waals surface area contributed by atoms with Crippen LogP contribution < -0.4 is 0 Å². The number of azo groups is 1. The lowest BCUT2D eigenvalue weighted by atomic mass is 10.2. The molecule has 0 bridgehead atoms. The fourth-order valence-electron chi connectivity index (χ4n) is 3.55. The molecule has 5 aromatic rings. The number of benzene rings is 3. The average Bonchev–Trinajstić information content (AvgIpc) is 3.42. The molecule has 10 heteroatoms. The molecule has 0 radical (unpaired) electrons. The number of fused-ring (bicyclic) bond motifs is 1. The third kappa shape index (κ3) is 4.82. The van der Waals surface area contributed by atoms with E-state index in [4.69, 9.17) is 11.6 Å². The molecule has 2 aromatic heterocycles. The lowest BCUT2D eigenvalue weighted by Crippen LogP contribution is -2.02. The summed E-state index contributed by atoms with van der Waals surface area (Å²) in [5.41, 5.74) is 3.77. The van der Waals surface area contributed by atoms with Crippen molar-refractivity contribution in [2.75, 3.05) is 5.75 Å². The summed E-state index contributed by atoms with van der Waals surface area (Å²) in [6.07, 6.45) is 0. The highest BCUT2D eigenvalue weighted by molar-refractivity contribution is 7.99. The van der Waals surface area contributed by atoms with E-state index in [1.165, 1.54) is 11.8 Å². The van der Waals surface area contributed by atoms with Crippen molar-refractivity contribution in [1.82, 2.24) is 19.7 Å². The topological polar surface area (TPSA) is 109 Å². The number of carbonyl (C=O) groups excluding carboxylic acids is 1. The number of aromatic amines is 1. The number of nitrogens with one attached hydrogen (secondary N) is 1. The number of aromatic nitrogens is 4. The van der Waals surface area contributed by atoms with E-state index in [2.05, 4.69) is 25.4 Å². The second-order valence-corrected chi connectivity index (χ2v) is 9.11. The van der Waals surface area contributed by atoms with Gasteiger partial charge in [-0.3, -0.25) is 9.36 Å². The van der Waals surface area contributed by atoms with Crippen molar-refractivity contribution in [3.8, 4) is 23.0 Å². The van der Waals surface area contributed by atoms with Crippen molar-refractivity contribution >= 4 is 45.9 Å². The Morgan fingerprint density at radius 1 is 1.06 bits per heavy atom. The number of carbonyl (C=O) groups is 1. The Balaban J connectivity index is 1.40. The van der Waals surface area contributed by atoms with Crippen molar-refractivity contribution < 1.29 is 9.90 Å². The Bertz CT molecular complexity index is 1540. The standard InChI is InChI=1S/C25H19ClN6O2S/c1-15-6-12-18(13-7-15)32-23(16-8-10-17(26)11-9-16)30-31-25(32)35-14-21(33)28-29-22-19-4-2-3-5-20(19)27-24(22)34/h2-13,27,34H,14H2,1H3. The Kier molecular flexibility index (Phi) is 6.35. The molecule has 3 aromatic carbocycles. The summed E-state index contributed by atoms with van der Waals surface area (Å²) in [6.45, 7) is 2.01. The van der Waals surface area contributed by atoms with Gasteiger partial charge < -0.3 is 10.1 Å². The molecule has 0 aliphatic rings. The van der Waals surface area contributed by atoms with Gasteiger partial charge in [-0.2, -0.15) is 0 Å². The normalized spacial score (nSPS) is 11.5. The first-order valence-electron chi connectivity index (χ1n) is 10.6. The quantitative estimate of drug-likeness (QED) is 0.204. The molecule has 0 aliphatic carbocycles. The highest BCUT2D eigenvalue weighted by atomic mass is 35.5. The minimum absolute atomic E-state index is 0.00275. The van der Waals surface area contributed by atoms with E-state index in [0.29, 0.717) is 26.9 Å². The summed E-state index contributed by atoms with van der Waals surface area (Å²) >= 11 is 7.26. The maximum absolute atomic E-state index is 12.5. The van der Waals surface area contributed by atoms with Crippen LogP contribution in [0.1, 0.15) is 5.56 Å². The summed E-state index contributed by atoms with van der Waals surface area (Å²) < 4.78 is 1.89. The van der Waals surface area contributed by atoms with Crippen LogP contribution in [0.4, 0.5) is 5.69 Å². The third-order valence-electron chi connectivity index (χ3n) is 5.27. The zero-order valence-corrected chi connectivity index (χ0v) is 20.1. The fraction of sp³-hybridized carbons (Fsp3) is 0.0800. The Morgan fingerprint density at radius 2 is 1.80 bits per heavy atom. The molecule has 0 aliphatic heterocycles. The van der Waals surface area contributed by atoms with Crippen LogP contribution >= 0.6 is 23.4 Å². The molecular weight excluding hydrogens is 484 g/mol. The first-order valence-corrected chi connectivity index (χ1v) is 12.0. The third-order valence-corrected chi connectivity index (χ3v) is 6.44. The van der Waals surface area contributed by atoms with Gasteiger partial charge in [-0.1, -0.05) is 59.3 Å². The van der Waals surface area contributed by atoms with Crippen LogP contribution in [-0.2, 0) is 4.79 Å². The van der Waals surface area contributed by atoms with E-state index >= 15 is 0 Å². The van der Waals surface area contributed by atoms with Crippen LogP contribution in [-0.4, -0.2) is 36.5 Å². The number of thioether (sulfide) groups is 1. The van der Waals surface area contributed by atoms with E-state index in [9.17, 15) is 9.90 Å². The van der Waals surface area contributed by atoms with Crippen molar-refractivity contribution in [2.24, 2.45) is 10.2 Å². The van der Waals surface area contributed by atoms with Crippen molar-refractivity contribution in [3.05, 3.63) is 83.4 Å². The second kappa shape index (κ2) is 9.73. The predicted molar refractivity (Wildman–Crippen MR) is 137 cm³/mol. The van der Waals surface area contributed by atoms with Crippen molar-refractivity contribution in [1.29, 1.82) is 0 Å². The number of hydrogen-bond donors (Lipinski definition) is 2. The van der Waals surface area contributed by atoms with Gasteiger partial charge in [0.1, 0.15) is 0 Å². The van der Waals surface area contributed by atoms with Gasteiger partial charge in [-0.25, -0.2) is 0 Å². The summed E-state index contributed by atoms with van der Waals surface area (Å²) in [4.78, 5) is 15.3. The number of halogens is 1. The monoisotopic (exact) mass is 502 g/mol. The molecule has 0 saturated carbocycles. The number of aryl methyl sites for hydroxylation is 1. The molecule has 174 valence electrons. The average molecular weight is 503 g/mol. The lowest BCUT2D eigenvalue weighted by Gasteiger charge is -2.10. The maximum Gasteiger partial charge on any atom is 0.275 e. The zero-order valence-electron chi connectivity index (χ0n) is 18.5. The van der Waals surface area contributed by atoms with Gasteiger partial charge in [0.05, 0.1) is 11.3 Å². The molecule has 2 heterocycles. The molecular formula is C25H19ClN6O2S. The number of aromatic hydroxyl groups is 1. The van der Waals surface area contributed by atoms with E-state index in [0.717, 1.165) is 16.8 Å². The van der Waals surface area contributed by atoms with Gasteiger partial charge in [0, 0.05) is 21.7 Å². The largest absolute Gasteiger partial charge is 0.493 e. The molecule has 0 fully saturated rings. The maximum atomic E-state index is 12.5. The minimum Gasteiger partial charge on any atom is -0.493 e. The zero-order chi connectivity index (χ0) is 24.4. The summed E-state index contributed by atoms with van der Waals surface area (Å²) in [6, 6.07) is 22.5. The van der Waals surface area contributed by atoms with Crippen LogP contribution in [0.5, 0.6) is 5.88 Å². The number of hydrogen-bond acceptors (Lipinski definition) is 6. The van der Waals surface area contributed by atoms with Gasteiger partial charge in [-0.05, 0) is 49.4 Å². The van der Waals surface area contributed by atoms with E-state index in [-0.39, 0.29) is 17.3 Å². The fourth-order valence-corrected chi connectivity index (χ4v) is 4.41. The number of rotatable bonds is 6. The van der Waals surface area contributed by atoms with Gasteiger partial charge in [0.2, 0.25) is 5.88 Å². The Morgan fingerprint density at radius 3 is 2.57 bits per heavy atom. The first kappa shape index (κ1) is 22.8. The van der Waals surface area contributed by atoms with E-state index in [1.54, 1.807) is 18.2 Å². The first-order chi connectivity index (χ1) is 17.0. The lowest BCUT2D eigenvalue weighted by molar-refractivity contribution is -0.115. The predicted octanol–water partition coefficient (Wildman–Crippen LogP) is 6.49. The Labute approximate surface area is 209 Å². The highest BCUT2D eigenvalue weighted by Gasteiger charge is 2.18. The molecule has 0 spiro atoms. The van der Waals surface area contributed by atoms with E-state index in [1.807, 2.05) is 66.1 Å². The van der Waals surface area contributed by atoms with Crippen molar-refractivity contribution in [3.63, 3.8) is 0 Å². The van der Waals surface area contributed by atoms with Crippen molar-refractivity contribution in [2.45, 2.75) is 12.1 Å². The summed E-state index contributed by atoms with van der Waals surface area (Å²) in [5.74, 6) is 0.0242. The number of para-hydroxylation sites is 1. The Hall–Kier alpha value is -3.95. The van der Waals surface area contributed by atoms with Crippen LogP contribution in [0.25, 0.3) is 28.0 Å². The second-order valence-electron chi connectivity index (χ2n) is 7.73. The molecule has 2 N–H and O–H groups in total. The van der Waals surface area contributed by atoms with Crippen LogP contribution in [0.15, 0.2) is 88.2 Å². The molecule has 5 rings (SSSR count). The smallest absolute Gasteiger partial charge is 0.275 e. The number of H-pyrrole nitrogens is 1. The molecule has 1 amide bonds. The SMILES string of the molecule is Cc1ccc(-n2c(SCC(=O)N=Nc3c(O)[nH]c4ccccc34)nnc2-c2ccc(Cl)cc2)cc1. The van der Waals surface area contributed by atoms with E-state index < -0.39 is 5.91 Å². The van der Waals surface area contributed by atoms with Crippen LogP contribution in [0.3, 0.4) is 0 Å². The molecule has 35 heavy (non-hydrogen) atoms. The molecule has 0 saturated heterocycles. The summed E-state index contributed by atoms with van der Waals surface area (Å²) in [5, 5.41) is 28.4. The number of nitrogens with zero attached hydrogens (tertiary/aromatic N) is 5.